The Labute approximate surface area is 177 Å². The Kier molecular flexibility index (Phi) is 5.61. The van der Waals surface area contributed by atoms with Crippen LogP contribution in [0.1, 0.15) is 11.5 Å². The SMILES string of the molecule is N#Cc1ccc(N2CCN(Cc3nc(-c4ccc(Cl)cc4)no3)CC2)c([N+](=O)[O-])c1. The van der Waals surface area contributed by atoms with Gasteiger partial charge < -0.3 is 9.42 Å². The van der Waals surface area contributed by atoms with E-state index < -0.39 is 4.92 Å². The van der Waals surface area contributed by atoms with Crippen LogP contribution >= 0.6 is 11.6 Å². The van der Waals surface area contributed by atoms with Crippen molar-refractivity contribution >= 4 is 23.0 Å². The Morgan fingerprint density at radius 1 is 1.17 bits per heavy atom. The maximum absolute atomic E-state index is 11.4. The number of benzene rings is 2. The Morgan fingerprint density at radius 3 is 2.57 bits per heavy atom. The summed E-state index contributed by atoms with van der Waals surface area (Å²) in [5, 5.41) is 25.1. The summed E-state index contributed by atoms with van der Waals surface area (Å²) in [4.78, 5) is 19.5. The van der Waals surface area contributed by atoms with Crippen molar-refractivity contribution in [3.63, 3.8) is 0 Å². The number of anilines is 1. The average Bonchev–Trinajstić information content (AvgIpc) is 3.23. The molecular formula is C20H17ClN6O3. The van der Waals surface area contributed by atoms with E-state index in [0.29, 0.717) is 55.1 Å². The van der Waals surface area contributed by atoms with Crippen LogP contribution in [0.25, 0.3) is 11.4 Å². The largest absolute Gasteiger partial charge is 0.363 e. The topological polar surface area (TPSA) is 112 Å². The molecule has 1 saturated heterocycles. The minimum atomic E-state index is -0.445. The van der Waals surface area contributed by atoms with Crippen LogP contribution in [0, 0.1) is 21.4 Å². The molecule has 0 unspecified atom stereocenters. The summed E-state index contributed by atoms with van der Waals surface area (Å²) >= 11 is 5.90. The lowest BCUT2D eigenvalue weighted by molar-refractivity contribution is -0.384. The van der Waals surface area contributed by atoms with Gasteiger partial charge in [-0.25, -0.2) is 0 Å². The predicted molar refractivity (Wildman–Crippen MR) is 110 cm³/mol. The molecule has 30 heavy (non-hydrogen) atoms. The molecule has 0 saturated carbocycles. The summed E-state index contributed by atoms with van der Waals surface area (Å²) in [5.74, 6) is 1.02. The van der Waals surface area contributed by atoms with E-state index in [1.807, 2.05) is 23.1 Å². The zero-order valence-corrected chi connectivity index (χ0v) is 16.6. The molecule has 0 aliphatic carbocycles. The highest BCUT2D eigenvalue weighted by atomic mass is 35.5. The molecule has 0 spiro atoms. The monoisotopic (exact) mass is 424 g/mol. The Balaban J connectivity index is 1.39. The smallest absolute Gasteiger partial charge is 0.293 e. The van der Waals surface area contributed by atoms with Crippen molar-refractivity contribution < 1.29 is 9.45 Å². The minimum absolute atomic E-state index is 0.0491. The molecule has 1 fully saturated rings. The van der Waals surface area contributed by atoms with Crippen molar-refractivity contribution in [2.24, 2.45) is 0 Å². The first-order valence-corrected chi connectivity index (χ1v) is 9.65. The van der Waals surface area contributed by atoms with Crippen molar-refractivity contribution in [2.75, 3.05) is 31.1 Å². The molecule has 0 amide bonds. The molecule has 0 bridgehead atoms. The van der Waals surface area contributed by atoms with Crippen LogP contribution in [0.4, 0.5) is 11.4 Å². The fraction of sp³-hybridized carbons (Fsp3) is 0.250. The predicted octanol–water partition coefficient (Wildman–Crippen LogP) is 3.49. The molecule has 10 heteroatoms. The molecular weight excluding hydrogens is 408 g/mol. The zero-order valence-electron chi connectivity index (χ0n) is 15.9. The third-order valence-electron chi connectivity index (χ3n) is 4.94. The van der Waals surface area contributed by atoms with E-state index in [1.54, 1.807) is 24.3 Å². The molecule has 152 valence electrons. The number of hydrogen-bond acceptors (Lipinski definition) is 8. The number of nitrogens with zero attached hydrogens (tertiary/aromatic N) is 6. The summed E-state index contributed by atoms with van der Waals surface area (Å²) in [6.07, 6.45) is 0. The van der Waals surface area contributed by atoms with Crippen LogP contribution in [0.3, 0.4) is 0 Å². The molecule has 0 atom stereocenters. The maximum atomic E-state index is 11.4. The lowest BCUT2D eigenvalue weighted by Gasteiger charge is -2.35. The number of nitro benzene ring substituents is 1. The van der Waals surface area contributed by atoms with Gasteiger partial charge in [0.05, 0.1) is 23.1 Å². The van der Waals surface area contributed by atoms with Crippen LogP contribution in [-0.2, 0) is 6.54 Å². The van der Waals surface area contributed by atoms with E-state index in [9.17, 15) is 10.1 Å². The molecule has 2 aromatic carbocycles. The van der Waals surface area contributed by atoms with Gasteiger partial charge in [0.1, 0.15) is 5.69 Å². The van der Waals surface area contributed by atoms with Crippen LogP contribution in [-0.4, -0.2) is 46.1 Å². The highest BCUT2D eigenvalue weighted by molar-refractivity contribution is 6.30. The van der Waals surface area contributed by atoms with Crippen LogP contribution in [0.5, 0.6) is 0 Å². The van der Waals surface area contributed by atoms with Crippen molar-refractivity contribution in [3.8, 4) is 17.5 Å². The van der Waals surface area contributed by atoms with E-state index in [1.165, 1.54) is 6.07 Å². The second-order valence-corrected chi connectivity index (χ2v) is 7.29. The summed E-state index contributed by atoms with van der Waals surface area (Å²) in [6, 6.07) is 13.7. The molecule has 1 aliphatic rings. The third kappa shape index (κ3) is 4.25. The van der Waals surface area contributed by atoms with Gasteiger partial charge >= 0.3 is 0 Å². The van der Waals surface area contributed by atoms with E-state index in [0.717, 1.165) is 5.56 Å². The number of aromatic nitrogens is 2. The molecule has 4 rings (SSSR count). The first-order chi connectivity index (χ1) is 14.5. The molecule has 9 nitrogen and oxygen atoms in total. The summed E-state index contributed by atoms with van der Waals surface area (Å²) in [5.41, 5.74) is 1.58. The summed E-state index contributed by atoms with van der Waals surface area (Å²) in [6.45, 7) is 3.12. The quantitative estimate of drug-likeness (QED) is 0.451. The lowest BCUT2D eigenvalue weighted by atomic mass is 10.1. The van der Waals surface area contributed by atoms with Crippen LogP contribution in [0.15, 0.2) is 47.0 Å². The third-order valence-corrected chi connectivity index (χ3v) is 5.20. The van der Waals surface area contributed by atoms with E-state index >= 15 is 0 Å². The number of nitro groups is 1. The molecule has 3 aromatic rings. The molecule has 0 radical (unpaired) electrons. The first-order valence-electron chi connectivity index (χ1n) is 9.28. The van der Waals surface area contributed by atoms with Gasteiger partial charge in [-0.2, -0.15) is 10.2 Å². The highest BCUT2D eigenvalue weighted by Gasteiger charge is 2.25. The Morgan fingerprint density at radius 2 is 1.90 bits per heavy atom. The van der Waals surface area contributed by atoms with Gasteiger partial charge in [-0.1, -0.05) is 16.8 Å². The highest BCUT2D eigenvalue weighted by Crippen LogP contribution is 2.30. The number of nitriles is 1. The first kappa shape index (κ1) is 19.8. The number of rotatable bonds is 5. The molecule has 1 aromatic heterocycles. The Hall–Kier alpha value is -3.48. The summed E-state index contributed by atoms with van der Waals surface area (Å²) in [7, 11) is 0. The van der Waals surface area contributed by atoms with Crippen LogP contribution in [0.2, 0.25) is 5.02 Å². The van der Waals surface area contributed by atoms with Crippen molar-refractivity contribution in [3.05, 3.63) is 69.1 Å². The van der Waals surface area contributed by atoms with Crippen molar-refractivity contribution in [1.29, 1.82) is 5.26 Å². The van der Waals surface area contributed by atoms with Gasteiger partial charge in [-0.15, -0.1) is 0 Å². The maximum Gasteiger partial charge on any atom is 0.293 e. The van der Waals surface area contributed by atoms with Gasteiger partial charge in [-0.05, 0) is 36.4 Å². The standard InChI is InChI=1S/C20H17ClN6O3/c21-16-4-2-15(3-5-16)20-23-19(30-24-20)13-25-7-9-26(10-8-25)17-6-1-14(12-22)11-18(17)27(28)29/h1-6,11H,7-10,13H2. The number of hydrogen-bond donors (Lipinski definition) is 0. The van der Waals surface area contributed by atoms with Gasteiger partial charge in [0.2, 0.25) is 11.7 Å². The van der Waals surface area contributed by atoms with Gasteiger partial charge in [-0.3, -0.25) is 15.0 Å². The fourth-order valence-electron chi connectivity index (χ4n) is 3.38. The van der Waals surface area contributed by atoms with Gasteiger partial charge in [0.25, 0.3) is 5.69 Å². The van der Waals surface area contributed by atoms with Crippen molar-refractivity contribution in [2.45, 2.75) is 6.54 Å². The normalized spacial score (nSPS) is 14.5. The second-order valence-electron chi connectivity index (χ2n) is 6.85. The number of piperazine rings is 1. The molecule has 0 N–H and O–H groups in total. The van der Waals surface area contributed by atoms with E-state index in [4.69, 9.17) is 21.4 Å². The molecule has 2 heterocycles. The summed E-state index contributed by atoms with van der Waals surface area (Å²) < 4.78 is 5.37. The zero-order chi connectivity index (χ0) is 21.1. The average molecular weight is 425 g/mol. The van der Waals surface area contributed by atoms with Crippen molar-refractivity contribution in [1.82, 2.24) is 15.0 Å². The second kappa shape index (κ2) is 8.49. The molecule has 1 aliphatic heterocycles. The fourth-order valence-corrected chi connectivity index (χ4v) is 3.51. The number of halogens is 1. The minimum Gasteiger partial charge on any atom is -0.363 e. The lowest BCUT2D eigenvalue weighted by Crippen LogP contribution is -2.46. The van der Waals surface area contributed by atoms with Crippen LogP contribution < -0.4 is 4.90 Å². The van der Waals surface area contributed by atoms with E-state index in [2.05, 4.69) is 15.0 Å². The van der Waals surface area contributed by atoms with Gasteiger partial charge in [0, 0.05) is 42.8 Å². The Bertz CT molecular complexity index is 1100. The van der Waals surface area contributed by atoms with Gasteiger partial charge in [0.15, 0.2) is 0 Å². The van der Waals surface area contributed by atoms with E-state index in [-0.39, 0.29) is 11.3 Å².